The average molecular weight is 337 g/mol. The molecule has 0 aromatic heterocycles. The van der Waals surface area contributed by atoms with E-state index in [0.29, 0.717) is 18.8 Å². The summed E-state index contributed by atoms with van der Waals surface area (Å²) < 4.78 is 13.6. The van der Waals surface area contributed by atoms with Crippen LogP contribution in [-0.4, -0.2) is 24.1 Å². The number of hydrogen-bond acceptors (Lipinski definition) is 4. The first-order valence-electron chi connectivity index (χ1n) is 4.63. The van der Waals surface area contributed by atoms with E-state index in [0.717, 1.165) is 0 Å². The van der Waals surface area contributed by atoms with Gasteiger partial charge in [0.15, 0.2) is 0 Å². The van der Waals surface area contributed by atoms with Gasteiger partial charge < -0.3 is 10.6 Å². The van der Waals surface area contributed by atoms with Gasteiger partial charge in [-0.1, -0.05) is 0 Å². The van der Waals surface area contributed by atoms with Crippen LogP contribution in [0.25, 0.3) is 0 Å². The monoisotopic (exact) mass is 337 g/mol. The van der Waals surface area contributed by atoms with Crippen LogP contribution in [0.1, 0.15) is 0 Å². The van der Waals surface area contributed by atoms with Crippen LogP contribution in [0.4, 0.5) is 15.8 Å². The zero-order chi connectivity index (χ0) is 11.9. The van der Waals surface area contributed by atoms with Crippen LogP contribution in [0, 0.1) is 19.5 Å². The van der Waals surface area contributed by atoms with Crippen LogP contribution in [0.2, 0.25) is 0 Å². The van der Waals surface area contributed by atoms with Gasteiger partial charge in [-0.05, 0) is 22.6 Å². The summed E-state index contributed by atoms with van der Waals surface area (Å²) in [6.07, 6.45) is 0. The largest absolute Gasteiger partial charge is 0.363 e. The molecule has 0 radical (unpaired) electrons. The highest BCUT2D eigenvalue weighted by Crippen LogP contribution is 2.33. The molecule has 1 aliphatic rings. The van der Waals surface area contributed by atoms with Crippen LogP contribution in [0.15, 0.2) is 12.1 Å². The first kappa shape index (κ1) is 11.5. The Balaban J connectivity index is 2.42. The van der Waals surface area contributed by atoms with Gasteiger partial charge in [-0.2, -0.15) is 0 Å². The molecule has 1 aliphatic heterocycles. The molecule has 16 heavy (non-hydrogen) atoms. The smallest absolute Gasteiger partial charge is 0.293 e. The summed E-state index contributed by atoms with van der Waals surface area (Å²) in [4.78, 5) is 12.0. The molecule has 0 spiro atoms. The maximum Gasteiger partial charge on any atom is 0.293 e. The summed E-state index contributed by atoms with van der Waals surface area (Å²) in [5.74, 6) is -0.443. The Morgan fingerprint density at radius 3 is 2.69 bits per heavy atom. The molecule has 2 rings (SSSR count). The van der Waals surface area contributed by atoms with Crippen LogP contribution in [0.3, 0.4) is 0 Å². The molecule has 0 bridgehead atoms. The molecule has 5 nitrogen and oxygen atoms in total. The van der Waals surface area contributed by atoms with Gasteiger partial charge in [-0.15, -0.1) is 0 Å². The number of nitrogens with two attached hydrogens (primary N) is 1. The van der Waals surface area contributed by atoms with Gasteiger partial charge in [0.2, 0.25) is 0 Å². The average Bonchev–Trinajstić information content (AvgIpc) is 2.16. The van der Waals surface area contributed by atoms with Gasteiger partial charge in [-0.25, -0.2) is 4.39 Å². The van der Waals surface area contributed by atoms with Crippen molar-refractivity contribution in [2.24, 2.45) is 5.73 Å². The molecule has 1 aromatic rings. The molecule has 1 saturated heterocycles. The minimum Gasteiger partial charge on any atom is -0.363 e. The molecule has 1 heterocycles. The number of nitro benzene ring substituents is 1. The number of nitrogens with zero attached hydrogens (tertiary/aromatic N) is 2. The second kappa shape index (κ2) is 4.13. The van der Waals surface area contributed by atoms with Gasteiger partial charge in [-0.3, -0.25) is 10.1 Å². The Kier molecular flexibility index (Phi) is 2.98. The predicted molar refractivity (Wildman–Crippen MR) is 66.0 cm³/mol. The lowest BCUT2D eigenvalue weighted by atomic mass is 10.1. The summed E-state index contributed by atoms with van der Waals surface area (Å²) >= 11 is 1.73. The Morgan fingerprint density at radius 1 is 1.56 bits per heavy atom. The summed E-state index contributed by atoms with van der Waals surface area (Å²) in [5, 5.41) is 10.8. The third-order valence-corrected chi connectivity index (χ3v) is 3.29. The van der Waals surface area contributed by atoms with Gasteiger partial charge in [0.05, 0.1) is 8.49 Å². The zero-order valence-corrected chi connectivity index (χ0v) is 10.3. The number of halogens is 2. The van der Waals surface area contributed by atoms with E-state index >= 15 is 0 Å². The van der Waals surface area contributed by atoms with E-state index in [1.165, 1.54) is 12.1 Å². The van der Waals surface area contributed by atoms with Crippen molar-refractivity contribution in [3.05, 3.63) is 31.6 Å². The summed E-state index contributed by atoms with van der Waals surface area (Å²) in [6.45, 7) is 1.06. The van der Waals surface area contributed by atoms with Crippen molar-refractivity contribution in [2.75, 3.05) is 18.0 Å². The SMILES string of the molecule is NC1CN(c2cc(F)c(I)cc2[N+](=O)[O-])C1. The lowest BCUT2D eigenvalue weighted by Gasteiger charge is -2.38. The number of nitro groups is 1. The van der Waals surface area contributed by atoms with E-state index in [9.17, 15) is 14.5 Å². The highest BCUT2D eigenvalue weighted by Gasteiger charge is 2.30. The van der Waals surface area contributed by atoms with E-state index in [1.807, 2.05) is 0 Å². The fourth-order valence-electron chi connectivity index (χ4n) is 1.63. The van der Waals surface area contributed by atoms with Crippen LogP contribution in [0.5, 0.6) is 0 Å². The third-order valence-electron chi connectivity index (χ3n) is 2.46. The fraction of sp³-hybridized carbons (Fsp3) is 0.333. The molecule has 1 fully saturated rings. The first-order chi connectivity index (χ1) is 7.49. The molecule has 1 aromatic carbocycles. The Bertz CT molecular complexity index is 449. The lowest BCUT2D eigenvalue weighted by Crippen LogP contribution is -2.56. The van der Waals surface area contributed by atoms with E-state index in [2.05, 4.69) is 0 Å². The van der Waals surface area contributed by atoms with Gasteiger partial charge in [0.1, 0.15) is 11.5 Å². The highest BCUT2D eigenvalue weighted by atomic mass is 127. The van der Waals surface area contributed by atoms with Crippen molar-refractivity contribution in [1.29, 1.82) is 0 Å². The van der Waals surface area contributed by atoms with Gasteiger partial charge in [0, 0.05) is 31.3 Å². The molecule has 0 amide bonds. The Hall–Kier alpha value is -0.960. The Labute approximate surface area is 105 Å². The van der Waals surface area contributed by atoms with Crippen LogP contribution in [-0.2, 0) is 0 Å². The molecule has 2 N–H and O–H groups in total. The standard InChI is InChI=1S/C9H9FIN3O2/c10-6-1-8(13-3-5(12)4-13)9(14(15)16)2-7(6)11/h1-2,5H,3-4,12H2. The predicted octanol–water partition coefficient (Wildman–Crippen LogP) is 1.49. The van der Waals surface area contributed by atoms with E-state index < -0.39 is 10.7 Å². The van der Waals surface area contributed by atoms with Crippen molar-refractivity contribution in [3.63, 3.8) is 0 Å². The maximum absolute atomic E-state index is 13.4. The fourth-order valence-corrected chi connectivity index (χ4v) is 2.09. The van der Waals surface area contributed by atoms with Crippen LogP contribution < -0.4 is 10.6 Å². The number of rotatable bonds is 2. The van der Waals surface area contributed by atoms with Crippen molar-refractivity contribution < 1.29 is 9.31 Å². The summed E-state index contributed by atoms with van der Waals surface area (Å²) in [6, 6.07) is 2.46. The minimum absolute atomic E-state index is 0.0157. The van der Waals surface area contributed by atoms with Crippen molar-refractivity contribution >= 4 is 34.0 Å². The molecular formula is C9H9FIN3O2. The Morgan fingerprint density at radius 2 is 2.19 bits per heavy atom. The van der Waals surface area contributed by atoms with Gasteiger partial charge >= 0.3 is 0 Å². The molecule has 7 heteroatoms. The molecule has 0 atom stereocenters. The second-order valence-corrected chi connectivity index (χ2v) is 4.84. The van der Waals surface area contributed by atoms with E-state index in [4.69, 9.17) is 5.73 Å². The second-order valence-electron chi connectivity index (χ2n) is 3.68. The lowest BCUT2D eigenvalue weighted by molar-refractivity contribution is -0.384. The van der Waals surface area contributed by atoms with Crippen molar-refractivity contribution in [1.82, 2.24) is 0 Å². The van der Waals surface area contributed by atoms with Crippen molar-refractivity contribution in [2.45, 2.75) is 6.04 Å². The highest BCUT2D eigenvalue weighted by molar-refractivity contribution is 14.1. The maximum atomic E-state index is 13.4. The van der Waals surface area contributed by atoms with E-state index in [1.54, 1.807) is 27.5 Å². The topological polar surface area (TPSA) is 72.4 Å². The minimum atomic E-state index is -0.499. The van der Waals surface area contributed by atoms with E-state index in [-0.39, 0.29) is 15.3 Å². The van der Waals surface area contributed by atoms with Crippen LogP contribution >= 0.6 is 22.6 Å². The third kappa shape index (κ3) is 1.96. The zero-order valence-electron chi connectivity index (χ0n) is 8.19. The summed E-state index contributed by atoms with van der Waals surface area (Å²) in [7, 11) is 0. The molecule has 0 saturated carbocycles. The first-order valence-corrected chi connectivity index (χ1v) is 5.71. The van der Waals surface area contributed by atoms with Crippen molar-refractivity contribution in [3.8, 4) is 0 Å². The molecule has 0 aliphatic carbocycles. The quantitative estimate of drug-likeness (QED) is 0.504. The number of hydrogen-bond donors (Lipinski definition) is 1. The number of anilines is 1. The molecule has 0 unspecified atom stereocenters. The number of benzene rings is 1. The molecular weight excluding hydrogens is 328 g/mol. The normalized spacial score (nSPS) is 16.1. The summed E-state index contributed by atoms with van der Waals surface area (Å²) in [5.41, 5.74) is 5.83. The molecule has 86 valence electrons. The van der Waals surface area contributed by atoms with Gasteiger partial charge in [0.25, 0.3) is 5.69 Å².